The first-order valence-corrected chi connectivity index (χ1v) is 9.84. The molecular weight excluding hydrogens is 437 g/mol. The molecule has 2 aromatic carbocycles. The molecule has 0 unspecified atom stereocenters. The summed E-state index contributed by atoms with van der Waals surface area (Å²) in [5.74, 6) is -0.870. The van der Waals surface area contributed by atoms with E-state index in [-0.39, 0.29) is 17.6 Å². The number of para-hydroxylation sites is 1. The van der Waals surface area contributed by atoms with E-state index in [9.17, 15) is 27.6 Å². The number of nitrogens with one attached hydrogen (secondary N) is 1. The summed E-state index contributed by atoms with van der Waals surface area (Å²) in [7, 11) is 0. The molecule has 7 nitrogen and oxygen atoms in total. The Balaban J connectivity index is 1.75. The number of anilines is 1. The Morgan fingerprint density at radius 2 is 1.61 bits per heavy atom. The van der Waals surface area contributed by atoms with Gasteiger partial charge in [0.1, 0.15) is 12.2 Å². The van der Waals surface area contributed by atoms with Gasteiger partial charge in [-0.2, -0.15) is 13.2 Å². The Morgan fingerprint density at radius 3 is 2.33 bits per heavy atom. The minimum Gasteiger partial charge on any atom is -0.324 e. The van der Waals surface area contributed by atoms with E-state index >= 15 is 0 Å². The molecule has 33 heavy (non-hydrogen) atoms. The second-order valence-corrected chi connectivity index (χ2v) is 7.21. The van der Waals surface area contributed by atoms with E-state index in [1.165, 1.54) is 30.5 Å². The van der Waals surface area contributed by atoms with E-state index in [0.29, 0.717) is 5.56 Å². The molecule has 4 rings (SSSR count). The van der Waals surface area contributed by atoms with Gasteiger partial charge < -0.3 is 5.32 Å². The molecular formula is C23H17F3N4O3. The maximum atomic E-state index is 13.2. The van der Waals surface area contributed by atoms with E-state index in [1.807, 2.05) is 0 Å². The first kappa shape index (κ1) is 22.0. The van der Waals surface area contributed by atoms with E-state index in [1.54, 1.807) is 30.3 Å². The molecule has 0 saturated carbocycles. The summed E-state index contributed by atoms with van der Waals surface area (Å²) < 4.78 is 41.7. The number of hydrogen-bond donors (Lipinski definition) is 1. The van der Waals surface area contributed by atoms with Crippen LogP contribution < -0.4 is 16.6 Å². The number of pyridine rings is 1. The van der Waals surface area contributed by atoms with Crippen molar-refractivity contribution in [2.75, 3.05) is 5.32 Å². The molecule has 4 aromatic rings. The molecule has 10 heteroatoms. The number of benzene rings is 2. The van der Waals surface area contributed by atoms with E-state index in [4.69, 9.17) is 0 Å². The molecule has 0 aliphatic rings. The van der Waals surface area contributed by atoms with Gasteiger partial charge in [0.05, 0.1) is 23.2 Å². The number of carbonyl (C=O) groups excluding carboxylic acids is 1. The van der Waals surface area contributed by atoms with Crippen molar-refractivity contribution in [2.24, 2.45) is 0 Å². The Morgan fingerprint density at radius 1 is 0.909 bits per heavy atom. The van der Waals surface area contributed by atoms with Crippen LogP contribution in [0.15, 0.2) is 82.5 Å². The molecule has 0 aliphatic carbocycles. The Kier molecular flexibility index (Phi) is 5.82. The molecule has 168 valence electrons. The molecule has 0 atom stereocenters. The maximum absolute atomic E-state index is 13.2. The van der Waals surface area contributed by atoms with Crippen molar-refractivity contribution < 1.29 is 18.0 Å². The van der Waals surface area contributed by atoms with E-state index in [0.717, 1.165) is 21.3 Å². The van der Waals surface area contributed by atoms with Gasteiger partial charge in [-0.3, -0.25) is 18.7 Å². The Labute approximate surface area is 184 Å². The lowest BCUT2D eigenvalue weighted by molar-refractivity contribution is -0.137. The molecule has 0 spiro atoms. The first-order valence-electron chi connectivity index (χ1n) is 9.84. The predicted molar refractivity (Wildman–Crippen MR) is 116 cm³/mol. The highest BCUT2D eigenvalue weighted by atomic mass is 19.4. The third kappa shape index (κ3) is 4.54. The number of hydrogen-bond acceptors (Lipinski definition) is 4. The van der Waals surface area contributed by atoms with Crippen molar-refractivity contribution in [1.29, 1.82) is 0 Å². The van der Waals surface area contributed by atoms with Crippen LogP contribution in [0, 0.1) is 0 Å². The predicted octanol–water partition coefficient (Wildman–Crippen LogP) is 3.26. The fourth-order valence-corrected chi connectivity index (χ4v) is 3.47. The van der Waals surface area contributed by atoms with E-state index < -0.39 is 41.1 Å². The van der Waals surface area contributed by atoms with Gasteiger partial charge in [0, 0.05) is 6.20 Å². The van der Waals surface area contributed by atoms with Crippen LogP contribution in [0.2, 0.25) is 0 Å². The molecule has 0 fully saturated rings. The maximum Gasteiger partial charge on any atom is 0.418 e. The molecule has 0 saturated heterocycles. The molecule has 1 amide bonds. The van der Waals surface area contributed by atoms with Crippen molar-refractivity contribution in [3.63, 3.8) is 0 Å². The van der Waals surface area contributed by atoms with Gasteiger partial charge in [0.15, 0.2) is 0 Å². The number of alkyl halides is 3. The summed E-state index contributed by atoms with van der Waals surface area (Å²) in [5, 5.41) is 2.32. The van der Waals surface area contributed by atoms with Crippen molar-refractivity contribution >= 4 is 22.6 Å². The van der Waals surface area contributed by atoms with Crippen LogP contribution in [0.5, 0.6) is 0 Å². The lowest BCUT2D eigenvalue weighted by atomic mass is 10.1. The molecule has 2 aromatic heterocycles. The van der Waals surface area contributed by atoms with Crippen LogP contribution in [0.3, 0.4) is 0 Å². The SMILES string of the molecule is O=C(Cn1c(=O)n(Cc2ccccc2)c(=O)c2cccnc21)Nc1ccccc1C(F)(F)F. The molecule has 2 heterocycles. The highest BCUT2D eigenvalue weighted by Gasteiger charge is 2.33. The average molecular weight is 454 g/mol. The van der Waals surface area contributed by atoms with Gasteiger partial charge in [0.25, 0.3) is 5.56 Å². The lowest BCUT2D eigenvalue weighted by Crippen LogP contribution is -2.42. The minimum absolute atomic E-state index is 0.0314. The quantitative estimate of drug-likeness (QED) is 0.502. The number of aromatic nitrogens is 3. The minimum atomic E-state index is -4.67. The highest BCUT2D eigenvalue weighted by molar-refractivity contribution is 5.92. The van der Waals surface area contributed by atoms with Gasteiger partial charge in [-0.25, -0.2) is 9.78 Å². The monoisotopic (exact) mass is 454 g/mol. The first-order chi connectivity index (χ1) is 15.8. The number of rotatable bonds is 5. The standard InChI is InChI=1S/C23H17F3N4O3/c24-23(25,26)17-10-4-5-11-18(17)28-19(31)14-29-20-16(9-6-12-27-20)21(32)30(22(29)33)13-15-7-2-1-3-8-15/h1-12H,13-14H2,(H,28,31). The normalized spacial score (nSPS) is 11.5. The van der Waals surface area contributed by atoms with Gasteiger partial charge >= 0.3 is 11.9 Å². The van der Waals surface area contributed by atoms with Crippen molar-refractivity contribution in [1.82, 2.24) is 14.1 Å². The molecule has 0 bridgehead atoms. The van der Waals surface area contributed by atoms with Crippen molar-refractivity contribution in [3.8, 4) is 0 Å². The van der Waals surface area contributed by atoms with Gasteiger partial charge in [-0.1, -0.05) is 42.5 Å². The lowest BCUT2D eigenvalue weighted by Gasteiger charge is -2.15. The summed E-state index contributed by atoms with van der Waals surface area (Å²) in [6.45, 7) is -0.671. The number of nitrogens with zero attached hydrogens (tertiary/aromatic N) is 3. The third-order valence-corrected chi connectivity index (χ3v) is 4.97. The van der Waals surface area contributed by atoms with Crippen LogP contribution in [0.25, 0.3) is 11.0 Å². The third-order valence-electron chi connectivity index (χ3n) is 4.97. The number of halogens is 3. The van der Waals surface area contributed by atoms with Gasteiger partial charge in [-0.05, 0) is 29.8 Å². The zero-order chi connectivity index (χ0) is 23.6. The smallest absolute Gasteiger partial charge is 0.324 e. The zero-order valence-corrected chi connectivity index (χ0v) is 17.0. The largest absolute Gasteiger partial charge is 0.418 e. The number of carbonyl (C=O) groups is 1. The molecule has 0 aliphatic heterocycles. The van der Waals surface area contributed by atoms with Crippen LogP contribution in [0.4, 0.5) is 18.9 Å². The fourth-order valence-electron chi connectivity index (χ4n) is 3.47. The van der Waals surface area contributed by atoms with Crippen molar-refractivity contribution in [2.45, 2.75) is 19.3 Å². The second-order valence-electron chi connectivity index (χ2n) is 7.21. The van der Waals surface area contributed by atoms with Crippen LogP contribution in [0.1, 0.15) is 11.1 Å². The topological polar surface area (TPSA) is 86.0 Å². The summed E-state index contributed by atoms with van der Waals surface area (Å²) in [6.07, 6.45) is -3.31. The zero-order valence-electron chi connectivity index (χ0n) is 17.0. The molecule has 1 N–H and O–H groups in total. The van der Waals surface area contributed by atoms with Crippen molar-refractivity contribution in [3.05, 3.63) is 105 Å². The number of fused-ring (bicyclic) bond motifs is 1. The fraction of sp³-hybridized carbons (Fsp3) is 0.130. The summed E-state index contributed by atoms with van der Waals surface area (Å²) in [6, 6.07) is 16.3. The van der Waals surface area contributed by atoms with Crippen LogP contribution in [-0.2, 0) is 24.1 Å². The molecule has 0 radical (unpaired) electrons. The summed E-state index contributed by atoms with van der Waals surface area (Å²) >= 11 is 0. The van der Waals surface area contributed by atoms with Crippen LogP contribution in [-0.4, -0.2) is 20.0 Å². The summed E-state index contributed by atoms with van der Waals surface area (Å²) in [5.41, 5.74) is -2.16. The average Bonchev–Trinajstić information content (AvgIpc) is 2.80. The van der Waals surface area contributed by atoms with E-state index in [2.05, 4.69) is 10.3 Å². The van der Waals surface area contributed by atoms with Crippen LogP contribution >= 0.6 is 0 Å². The van der Waals surface area contributed by atoms with Gasteiger partial charge in [0.2, 0.25) is 5.91 Å². The Hall–Kier alpha value is -4.21. The highest BCUT2D eigenvalue weighted by Crippen LogP contribution is 2.34. The van der Waals surface area contributed by atoms with Gasteiger partial charge in [-0.15, -0.1) is 0 Å². The Bertz CT molecular complexity index is 1440. The number of amides is 1. The second kappa shape index (κ2) is 8.73. The summed E-state index contributed by atoms with van der Waals surface area (Å²) in [4.78, 5) is 42.8.